The maximum absolute atomic E-state index is 13.5. The highest BCUT2D eigenvalue weighted by Crippen LogP contribution is 2.31. The molecule has 0 unspecified atom stereocenters. The Bertz CT molecular complexity index is 522. The first-order valence-electron chi connectivity index (χ1n) is 4.62. The monoisotopic (exact) mass is 287 g/mol. The van der Waals surface area contributed by atoms with E-state index in [0.717, 1.165) is 11.8 Å². The number of aliphatic imine (C=N–C) groups is 1. The van der Waals surface area contributed by atoms with Crippen LogP contribution in [0.15, 0.2) is 28.9 Å². The minimum absolute atomic E-state index is 0.186. The van der Waals surface area contributed by atoms with E-state index in [1.54, 1.807) is 6.07 Å². The van der Waals surface area contributed by atoms with Crippen molar-refractivity contribution in [3.63, 3.8) is 0 Å². The van der Waals surface area contributed by atoms with Gasteiger partial charge in [-0.2, -0.15) is 0 Å². The van der Waals surface area contributed by atoms with Crippen LogP contribution >= 0.6 is 35.1 Å². The Kier molecular flexibility index (Phi) is 3.91. The minimum Gasteiger partial charge on any atom is -0.279 e. The molecule has 0 radical (unpaired) electrons. The lowest BCUT2D eigenvalue weighted by Crippen LogP contribution is -1.90. The second-order valence-corrected chi connectivity index (χ2v) is 5.56. The third kappa shape index (κ3) is 2.73. The lowest BCUT2D eigenvalue weighted by atomic mass is 10.2. The van der Waals surface area contributed by atoms with Crippen LogP contribution in [0.4, 0.5) is 4.39 Å². The van der Waals surface area contributed by atoms with Gasteiger partial charge in [0.05, 0.1) is 5.02 Å². The maximum Gasteiger partial charge on any atom is 0.244 e. The second-order valence-electron chi connectivity index (χ2n) is 3.14. The predicted octanol–water partition coefficient (Wildman–Crippen LogP) is 3.81. The van der Waals surface area contributed by atoms with Gasteiger partial charge < -0.3 is 0 Å². The third-order valence-corrected chi connectivity index (χ3v) is 4.24. The first kappa shape index (κ1) is 12.7. The molecule has 1 aliphatic heterocycles. The van der Waals surface area contributed by atoms with Gasteiger partial charge in [0.2, 0.25) is 5.12 Å². The molecule has 17 heavy (non-hydrogen) atoms. The van der Waals surface area contributed by atoms with Crippen molar-refractivity contribution in [2.24, 2.45) is 4.99 Å². The van der Waals surface area contributed by atoms with Crippen molar-refractivity contribution in [2.45, 2.75) is 0 Å². The maximum atomic E-state index is 13.5. The van der Waals surface area contributed by atoms with Crippen LogP contribution in [0.1, 0.15) is 5.56 Å². The van der Waals surface area contributed by atoms with E-state index in [9.17, 15) is 9.18 Å². The normalized spacial score (nSPS) is 17.7. The molecule has 0 amide bonds. The summed E-state index contributed by atoms with van der Waals surface area (Å²) in [6.07, 6.45) is 3.22. The molecule has 1 aliphatic rings. The fourth-order valence-electron chi connectivity index (χ4n) is 1.26. The zero-order valence-corrected chi connectivity index (χ0v) is 11.1. The number of benzene rings is 1. The van der Waals surface area contributed by atoms with Gasteiger partial charge in [0.1, 0.15) is 15.9 Å². The van der Waals surface area contributed by atoms with Crippen LogP contribution in [0.25, 0.3) is 6.08 Å². The fourth-order valence-corrected chi connectivity index (χ4v) is 2.74. The lowest BCUT2D eigenvalue weighted by Gasteiger charge is -1.99. The molecule has 0 spiro atoms. The molecule has 2 rings (SSSR count). The summed E-state index contributed by atoms with van der Waals surface area (Å²) in [4.78, 5) is 15.7. The Hall–Kier alpha value is -0.780. The molecule has 1 heterocycles. The van der Waals surface area contributed by atoms with Gasteiger partial charge in [0, 0.05) is 5.56 Å². The Morgan fingerprint density at radius 3 is 2.88 bits per heavy atom. The van der Waals surface area contributed by atoms with Crippen molar-refractivity contribution in [3.05, 3.63) is 40.3 Å². The van der Waals surface area contributed by atoms with Gasteiger partial charge in [-0.3, -0.25) is 4.79 Å². The van der Waals surface area contributed by atoms with Crippen LogP contribution in [0.3, 0.4) is 0 Å². The van der Waals surface area contributed by atoms with Crippen LogP contribution in [0.2, 0.25) is 5.02 Å². The summed E-state index contributed by atoms with van der Waals surface area (Å²) in [5, 5.41) is 0.0803. The predicted molar refractivity (Wildman–Crippen MR) is 72.9 cm³/mol. The van der Waals surface area contributed by atoms with E-state index >= 15 is 0 Å². The van der Waals surface area contributed by atoms with Gasteiger partial charge in [-0.25, -0.2) is 9.38 Å². The van der Waals surface area contributed by atoms with E-state index in [4.69, 9.17) is 11.6 Å². The molecule has 0 aromatic heterocycles. The number of rotatable bonds is 1. The molecule has 6 heteroatoms. The van der Waals surface area contributed by atoms with Crippen LogP contribution < -0.4 is 0 Å². The number of carbonyl (C=O) groups is 1. The van der Waals surface area contributed by atoms with Crippen LogP contribution in [0.5, 0.6) is 0 Å². The molecule has 1 aromatic rings. The van der Waals surface area contributed by atoms with Crippen LogP contribution in [-0.2, 0) is 4.79 Å². The Labute approximate surface area is 111 Å². The van der Waals surface area contributed by atoms with Crippen molar-refractivity contribution < 1.29 is 9.18 Å². The highest BCUT2D eigenvalue weighted by atomic mass is 35.5. The van der Waals surface area contributed by atoms with Gasteiger partial charge in [-0.05, 0) is 36.2 Å². The summed E-state index contributed by atoms with van der Waals surface area (Å²) < 4.78 is 14.2. The Morgan fingerprint density at radius 2 is 2.29 bits per heavy atom. The van der Waals surface area contributed by atoms with Crippen LogP contribution in [0, 0.1) is 5.82 Å². The van der Waals surface area contributed by atoms with Crippen LogP contribution in [-0.4, -0.2) is 15.7 Å². The molecule has 2 nitrogen and oxygen atoms in total. The van der Waals surface area contributed by atoms with E-state index in [0.29, 0.717) is 4.38 Å². The average Bonchev–Trinajstić information content (AvgIpc) is 2.65. The molecular formula is C11H7ClFNOS2. The Morgan fingerprint density at radius 1 is 1.53 bits per heavy atom. The van der Waals surface area contributed by atoms with E-state index in [2.05, 4.69) is 4.99 Å². The van der Waals surface area contributed by atoms with Crippen molar-refractivity contribution in [1.82, 2.24) is 0 Å². The van der Waals surface area contributed by atoms with E-state index in [1.807, 2.05) is 6.26 Å². The molecule has 0 atom stereocenters. The number of nitrogens with zero attached hydrogens (tertiary/aromatic N) is 1. The summed E-state index contributed by atoms with van der Waals surface area (Å²) in [5.74, 6) is -0.462. The van der Waals surface area contributed by atoms with E-state index < -0.39 is 5.82 Å². The second kappa shape index (κ2) is 5.25. The largest absolute Gasteiger partial charge is 0.279 e. The van der Waals surface area contributed by atoms with Crippen molar-refractivity contribution in [1.29, 1.82) is 0 Å². The lowest BCUT2D eigenvalue weighted by molar-refractivity contribution is -0.107. The van der Waals surface area contributed by atoms with Gasteiger partial charge >= 0.3 is 0 Å². The topological polar surface area (TPSA) is 29.4 Å². The zero-order valence-electron chi connectivity index (χ0n) is 8.74. The molecule has 88 valence electrons. The first-order valence-corrected chi connectivity index (χ1v) is 7.04. The molecule has 0 bridgehead atoms. The summed E-state index contributed by atoms with van der Waals surface area (Å²) in [5.41, 5.74) is 0.426. The number of hydrogen-bond acceptors (Lipinski definition) is 4. The van der Waals surface area contributed by atoms with Crippen molar-refractivity contribution in [2.75, 3.05) is 6.26 Å². The summed E-state index contributed by atoms with van der Waals surface area (Å²) in [7, 11) is 0. The minimum atomic E-state index is -0.462. The summed E-state index contributed by atoms with van der Waals surface area (Å²) in [6.45, 7) is 0. The standard InChI is InChI=1S/C11H7ClFNOS2/c1-16-11-14-9(10(15)17-11)5-6-7(12)3-2-4-8(6)13/h2-5H,1H3/b9-5-. The highest BCUT2D eigenvalue weighted by Gasteiger charge is 2.22. The molecule has 0 aliphatic carbocycles. The molecule has 0 N–H and O–H groups in total. The highest BCUT2D eigenvalue weighted by molar-refractivity contribution is 8.45. The van der Waals surface area contributed by atoms with E-state index in [1.165, 1.54) is 30.0 Å². The van der Waals surface area contributed by atoms with Crippen molar-refractivity contribution in [3.8, 4) is 0 Å². The van der Waals surface area contributed by atoms with Gasteiger partial charge in [-0.1, -0.05) is 17.7 Å². The average molecular weight is 288 g/mol. The van der Waals surface area contributed by atoms with Gasteiger partial charge in [0.25, 0.3) is 0 Å². The number of thioether (sulfide) groups is 2. The smallest absolute Gasteiger partial charge is 0.244 e. The molecular weight excluding hydrogens is 281 g/mol. The SMILES string of the molecule is CSC1=N/C(=C\c2c(F)cccc2Cl)C(=O)S1. The molecule has 0 saturated carbocycles. The zero-order chi connectivity index (χ0) is 12.4. The number of hydrogen-bond donors (Lipinski definition) is 0. The number of halogens is 2. The molecule has 1 aromatic carbocycles. The summed E-state index contributed by atoms with van der Waals surface area (Å²) >= 11 is 8.30. The third-order valence-electron chi connectivity index (χ3n) is 2.06. The fraction of sp³-hybridized carbons (Fsp3) is 0.0909. The summed E-state index contributed by atoms with van der Waals surface area (Å²) in [6, 6.07) is 4.38. The Balaban J connectivity index is 2.43. The molecule has 0 saturated heterocycles. The van der Waals surface area contributed by atoms with Gasteiger partial charge in [0.15, 0.2) is 0 Å². The van der Waals surface area contributed by atoms with E-state index in [-0.39, 0.29) is 21.4 Å². The molecule has 0 fully saturated rings. The first-order chi connectivity index (χ1) is 8.11. The number of carbonyl (C=O) groups excluding carboxylic acids is 1. The van der Waals surface area contributed by atoms with Crippen molar-refractivity contribution >= 4 is 50.7 Å². The van der Waals surface area contributed by atoms with Gasteiger partial charge in [-0.15, -0.1) is 11.8 Å². The quantitative estimate of drug-likeness (QED) is 0.736.